The minimum atomic E-state index is -0.0570. The normalized spacial score (nSPS) is 11.6. The maximum absolute atomic E-state index is 12.4. The van der Waals surface area contributed by atoms with Gasteiger partial charge in [-0.05, 0) is 46.7 Å². The Balaban J connectivity index is 2.00. The molecule has 0 aliphatic carbocycles. The largest absolute Gasteiger partial charge is 0.493 e. The van der Waals surface area contributed by atoms with Gasteiger partial charge in [0, 0.05) is 17.1 Å². The highest BCUT2D eigenvalue weighted by Gasteiger charge is 2.12. The zero-order chi connectivity index (χ0) is 18.7. The van der Waals surface area contributed by atoms with E-state index in [2.05, 4.69) is 18.8 Å². The summed E-state index contributed by atoms with van der Waals surface area (Å²) in [6, 6.07) is 5.74. The van der Waals surface area contributed by atoms with Crippen LogP contribution >= 0.6 is 33.9 Å². The van der Waals surface area contributed by atoms with Crippen molar-refractivity contribution in [2.75, 3.05) is 13.7 Å². The predicted octanol–water partition coefficient (Wildman–Crippen LogP) is 4.57. The van der Waals surface area contributed by atoms with Crippen molar-refractivity contribution in [3.63, 3.8) is 0 Å². The Hall–Kier alpha value is -1.87. The first-order valence-corrected chi connectivity index (χ1v) is 10.1. The van der Waals surface area contributed by atoms with Crippen molar-refractivity contribution < 1.29 is 9.47 Å². The van der Waals surface area contributed by atoms with Crippen molar-refractivity contribution in [3.05, 3.63) is 55.0 Å². The maximum atomic E-state index is 12.4. The van der Waals surface area contributed by atoms with Crippen LogP contribution in [-0.2, 0) is 0 Å². The third kappa shape index (κ3) is 3.93. The van der Waals surface area contributed by atoms with E-state index in [0.717, 1.165) is 5.56 Å². The molecule has 0 saturated heterocycles. The topological polar surface area (TPSA) is 52.8 Å². The molecule has 0 aliphatic rings. The SMILES string of the molecule is COc1cccc(/C=C/c2nc3sccn3c(=O)c2I)c1OCC(C)C. The van der Waals surface area contributed by atoms with Crippen LogP contribution in [0.3, 0.4) is 0 Å². The summed E-state index contributed by atoms with van der Waals surface area (Å²) in [6.45, 7) is 4.79. The van der Waals surface area contributed by atoms with Gasteiger partial charge in [0.05, 0.1) is 19.4 Å². The van der Waals surface area contributed by atoms with Gasteiger partial charge in [-0.15, -0.1) is 11.3 Å². The van der Waals surface area contributed by atoms with E-state index >= 15 is 0 Å². The van der Waals surface area contributed by atoms with Gasteiger partial charge < -0.3 is 9.47 Å². The number of ether oxygens (including phenoxy) is 2. The number of halogens is 1. The Morgan fingerprint density at radius 3 is 2.88 bits per heavy atom. The molecule has 0 radical (unpaired) electrons. The standard InChI is InChI=1S/C19H19IN2O3S/c1-12(2)11-25-17-13(5-4-6-15(17)24-3)7-8-14-16(20)18(23)22-9-10-26-19(22)21-14/h4-10,12H,11H2,1-3H3/b8-7+. The third-order valence-electron chi connectivity index (χ3n) is 3.65. The number of benzene rings is 1. The summed E-state index contributed by atoms with van der Waals surface area (Å²) < 4.78 is 13.5. The number of hydrogen-bond acceptors (Lipinski definition) is 5. The van der Waals surface area contributed by atoms with E-state index in [0.29, 0.717) is 38.2 Å². The molecule has 0 unspecified atom stereocenters. The minimum Gasteiger partial charge on any atom is -0.493 e. The predicted molar refractivity (Wildman–Crippen MR) is 114 cm³/mol. The van der Waals surface area contributed by atoms with Gasteiger partial charge in [0.15, 0.2) is 16.5 Å². The van der Waals surface area contributed by atoms with Crippen LogP contribution in [0.15, 0.2) is 34.6 Å². The fraction of sp³-hybridized carbons (Fsp3) is 0.263. The van der Waals surface area contributed by atoms with Gasteiger partial charge in [0.2, 0.25) is 0 Å². The molecule has 2 heterocycles. The van der Waals surface area contributed by atoms with Gasteiger partial charge in [-0.2, -0.15) is 0 Å². The Bertz CT molecular complexity index is 1010. The Morgan fingerprint density at radius 1 is 1.35 bits per heavy atom. The second-order valence-corrected chi connectivity index (χ2v) is 8.04. The summed E-state index contributed by atoms with van der Waals surface area (Å²) in [5.74, 6) is 1.79. The highest BCUT2D eigenvalue weighted by molar-refractivity contribution is 14.1. The summed E-state index contributed by atoms with van der Waals surface area (Å²) >= 11 is 3.48. The summed E-state index contributed by atoms with van der Waals surface area (Å²) in [5, 5.41) is 1.85. The molecule has 7 heteroatoms. The highest BCUT2D eigenvalue weighted by Crippen LogP contribution is 2.33. The smallest absolute Gasteiger partial charge is 0.272 e. The van der Waals surface area contributed by atoms with Crippen LogP contribution in [0.1, 0.15) is 25.1 Å². The number of para-hydroxylation sites is 1. The van der Waals surface area contributed by atoms with Crippen LogP contribution < -0.4 is 15.0 Å². The second-order valence-electron chi connectivity index (χ2n) is 6.09. The van der Waals surface area contributed by atoms with Crippen molar-refractivity contribution >= 4 is 51.0 Å². The molecule has 1 aromatic carbocycles. The zero-order valence-corrected chi connectivity index (χ0v) is 17.7. The first-order chi connectivity index (χ1) is 12.5. The van der Waals surface area contributed by atoms with E-state index in [-0.39, 0.29) is 5.56 Å². The summed E-state index contributed by atoms with van der Waals surface area (Å²) in [4.78, 5) is 17.7. The van der Waals surface area contributed by atoms with Crippen LogP contribution in [0, 0.1) is 9.49 Å². The van der Waals surface area contributed by atoms with E-state index in [1.807, 2.05) is 58.3 Å². The Kier molecular flexibility index (Phi) is 5.98. The van der Waals surface area contributed by atoms with Crippen LogP contribution in [0.4, 0.5) is 0 Å². The average Bonchev–Trinajstić information content (AvgIpc) is 3.10. The third-order valence-corrected chi connectivity index (χ3v) is 5.42. The first kappa shape index (κ1) is 18.9. The lowest BCUT2D eigenvalue weighted by Crippen LogP contribution is -2.17. The van der Waals surface area contributed by atoms with E-state index in [1.54, 1.807) is 17.7 Å². The molecule has 0 atom stereocenters. The average molecular weight is 482 g/mol. The number of fused-ring (bicyclic) bond motifs is 1. The number of hydrogen-bond donors (Lipinski definition) is 0. The summed E-state index contributed by atoms with van der Waals surface area (Å²) in [5.41, 5.74) is 1.48. The number of thiazole rings is 1. The molecule has 3 aromatic rings. The van der Waals surface area contributed by atoms with Crippen molar-refractivity contribution in [2.24, 2.45) is 5.92 Å². The molecule has 26 heavy (non-hydrogen) atoms. The summed E-state index contributed by atoms with van der Waals surface area (Å²) in [6.07, 6.45) is 5.50. The van der Waals surface area contributed by atoms with Gasteiger partial charge in [0.25, 0.3) is 5.56 Å². The molecular weight excluding hydrogens is 463 g/mol. The van der Waals surface area contributed by atoms with Crippen molar-refractivity contribution in [3.8, 4) is 11.5 Å². The lowest BCUT2D eigenvalue weighted by molar-refractivity contribution is 0.256. The fourth-order valence-electron chi connectivity index (χ4n) is 2.38. The molecule has 0 fully saturated rings. The first-order valence-electron chi connectivity index (χ1n) is 8.14. The van der Waals surface area contributed by atoms with E-state index < -0.39 is 0 Å². The molecule has 0 aliphatic heterocycles. The highest BCUT2D eigenvalue weighted by atomic mass is 127. The van der Waals surface area contributed by atoms with E-state index in [1.165, 1.54) is 11.3 Å². The van der Waals surface area contributed by atoms with Crippen molar-refractivity contribution in [1.29, 1.82) is 0 Å². The fourth-order valence-corrected chi connectivity index (χ4v) is 3.66. The Morgan fingerprint density at radius 2 is 2.15 bits per heavy atom. The lowest BCUT2D eigenvalue weighted by Gasteiger charge is -2.14. The molecule has 3 rings (SSSR count). The van der Waals surface area contributed by atoms with Crippen molar-refractivity contribution in [1.82, 2.24) is 9.38 Å². The zero-order valence-electron chi connectivity index (χ0n) is 14.7. The number of methoxy groups -OCH3 is 1. The lowest BCUT2D eigenvalue weighted by atomic mass is 10.1. The quantitative estimate of drug-likeness (QED) is 0.483. The molecule has 0 N–H and O–H groups in total. The van der Waals surface area contributed by atoms with E-state index in [9.17, 15) is 4.79 Å². The van der Waals surface area contributed by atoms with E-state index in [4.69, 9.17) is 9.47 Å². The molecular formula is C19H19IN2O3S. The number of nitrogens with zero attached hydrogens (tertiary/aromatic N) is 2. The van der Waals surface area contributed by atoms with Crippen LogP contribution in [0.2, 0.25) is 0 Å². The van der Waals surface area contributed by atoms with Crippen molar-refractivity contribution in [2.45, 2.75) is 13.8 Å². The summed E-state index contributed by atoms with van der Waals surface area (Å²) in [7, 11) is 1.63. The number of aromatic nitrogens is 2. The van der Waals surface area contributed by atoms with Gasteiger partial charge in [-0.3, -0.25) is 9.20 Å². The molecule has 136 valence electrons. The Labute approximate surface area is 169 Å². The maximum Gasteiger partial charge on any atom is 0.272 e. The van der Waals surface area contributed by atoms with Gasteiger partial charge in [0.1, 0.15) is 3.57 Å². The second kappa shape index (κ2) is 8.22. The number of rotatable bonds is 6. The molecule has 0 saturated carbocycles. The molecule has 0 amide bonds. The minimum absolute atomic E-state index is 0.0570. The monoisotopic (exact) mass is 482 g/mol. The van der Waals surface area contributed by atoms with Gasteiger partial charge in [-0.25, -0.2) is 4.98 Å². The van der Waals surface area contributed by atoms with Crippen LogP contribution in [-0.4, -0.2) is 23.1 Å². The molecule has 2 aromatic heterocycles. The molecule has 5 nitrogen and oxygen atoms in total. The van der Waals surface area contributed by atoms with Gasteiger partial charge >= 0.3 is 0 Å². The van der Waals surface area contributed by atoms with Crippen LogP contribution in [0.5, 0.6) is 11.5 Å². The van der Waals surface area contributed by atoms with Crippen LogP contribution in [0.25, 0.3) is 17.1 Å². The molecule has 0 spiro atoms. The molecule has 0 bridgehead atoms. The van der Waals surface area contributed by atoms with Gasteiger partial charge in [-0.1, -0.05) is 26.0 Å².